The molecule has 1 aromatic carbocycles. The van der Waals surface area contributed by atoms with Crippen LogP contribution in [0.5, 0.6) is 5.75 Å². The van der Waals surface area contributed by atoms with Crippen molar-refractivity contribution in [1.29, 1.82) is 0 Å². The minimum atomic E-state index is -0.224. The Morgan fingerprint density at radius 2 is 2.00 bits per heavy atom. The molecule has 0 spiro atoms. The molecular weight excluding hydrogens is 240 g/mol. The first-order chi connectivity index (χ1) is 9.06. The lowest BCUT2D eigenvalue weighted by molar-refractivity contribution is 0.103. The number of hydrogen-bond acceptors (Lipinski definition) is 4. The molecule has 0 aliphatic carbocycles. The van der Waals surface area contributed by atoms with Gasteiger partial charge in [-0.2, -0.15) is 0 Å². The van der Waals surface area contributed by atoms with Gasteiger partial charge in [0.05, 0.1) is 18.4 Å². The molecule has 1 aromatic heterocycles. The van der Waals surface area contributed by atoms with Crippen molar-refractivity contribution in [3.8, 4) is 5.75 Å². The summed E-state index contributed by atoms with van der Waals surface area (Å²) >= 11 is 0. The first-order valence-electron chi connectivity index (χ1n) is 5.95. The summed E-state index contributed by atoms with van der Waals surface area (Å²) in [6.07, 6.45) is 1.55. The van der Waals surface area contributed by atoms with Gasteiger partial charge in [0.1, 0.15) is 11.4 Å². The molecule has 0 atom stereocenters. The summed E-state index contributed by atoms with van der Waals surface area (Å²) < 4.78 is 5.35. The molecule has 2 aromatic rings. The van der Waals surface area contributed by atoms with Crippen LogP contribution >= 0.6 is 0 Å². The van der Waals surface area contributed by atoms with Gasteiger partial charge in [0.2, 0.25) is 5.78 Å². The summed E-state index contributed by atoms with van der Waals surface area (Å²) in [6, 6.07) is 7.00. The molecule has 0 amide bonds. The van der Waals surface area contributed by atoms with Crippen LogP contribution in [0.25, 0.3) is 0 Å². The van der Waals surface area contributed by atoms with Crippen LogP contribution in [0.3, 0.4) is 0 Å². The van der Waals surface area contributed by atoms with Gasteiger partial charge in [-0.1, -0.05) is 6.07 Å². The molecule has 0 aliphatic heterocycles. The van der Waals surface area contributed by atoms with Crippen LogP contribution in [0.4, 0.5) is 5.69 Å². The zero-order chi connectivity index (χ0) is 14.0. The van der Waals surface area contributed by atoms with Gasteiger partial charge in [-0.05, 0) is 43.2 Å². The number of carbonyl (C=O) groups is 1. The molecule has 0 fully saturated rings. The highest BCUT2D eigenvalue weighted by atomic mass is 16.5. The maximum Gasteiger partial charge on any atom is 0.217 e. The Morgan fingerprint density at radius 3 is 2.63 bits per heavy atom. The molecule has 0 aliphatic rings. The lowest BCUT2D eigenvalue weighted by Gasteiger charge is -2.13. The van der Waals surface area contributed by atoms with Crippen molar-refractivity contribution < 1.29 is 9.53 Å². The number of ketones is 1. The number of rotatable bonds is 3. The number of aromatic nitrogens is 1. The van der Waals surface area contributed by atoms with Gasteiger partial charge < -0.3 is 10.5 Å². The van der Waals surface area contributed by atoms with E-state index in [2.05, 4.69) is 4.98 Å². The summed E-state index contributed by atoms with van der Waals surface area (Å²) in [6.45, 7) is 3.90. The number of methoxy groups -OCH3 is 1. The van der Waals surface area contributed by atoms with E-state index >= 15 is 0 Å². The summed E-state index contributed by atoms with van der Waals surface area (Å²) in [5, 5.41) is 0. The van der Waals surface area contributed by atoms with Gasteiger partial charge in [-0.15, -0.1) is 0 Å². The molecule has 0 unspecified atom stereocenters. The molecule has 0 saturated heterocycles. The molecular formula is C15H16N2O2. The van der Waals surface area contributed by atoms with Gasteiger partial charge in [-0.3, -0.25) is 9.78 Å². The van der Waals surface area contributed by atoms with Crippen LogP contribution in [0.15, 0.2) is 30.5 Å². The van der Waals surface area contributed by atoms with E-state index in [-0.39, 0.29) is 11.5 Å². The normalized spacial score (nSPS) is 10.3. The van der Waals surface area contributed by atoms with Crippen molar-refractivity contribution in [3.63, 3.8) is 0 Å². The highest BCUT2D eigenvalue weighted by molar-refractivity contribution is 6.12. The second-order valence-corrected chi connectivity index (χ2v) is 4.36. The third-order valence-electron chi connectivity index (χ3n) is 3.18. The lowest BCUT2D eigenvalue weighted by atomic mass is 9.99. The maximum atomic E-state index is 12.5. The molecule has 2 N–H and O–H groups in total. The molecule has 0 bridgehead atoms. The summed E-state index contributed by atoms with van der Waals surface area (Å²) in [7, 11) is 1.56. The fourth-order valence-corrected chi connectivity index (χ4v) is 1.97. The quantitative estimate of drug-likeness (QED) is 0.857. The minimum absolute atomic E-state index is 0.224. The SMILES string of the molecule is COc1c(C(=O)c2ncccc2N)ccc(C)c1C. The number of nitrogens with zero attached hydrogens (tertiary/aromatic N) is 1. The number of benzene rings is 1. The van der Waals surface area contributed by atoms with E-state index in [0.717, 1.165) is 11.1 Å². The number of aryl methyl sites for hydroxylation is 1. The van der Waals surface area contributed by atoms with Crippen LogP contribution in [0, 0.1) is 13.8 Å². The fraction of sp³-hybridized carbons (Fsp3) is 0.200. The Balaban J connectivity index is 2.57. The molecule has 4 nitrogen and oxygen atoms in total. The molecule has 0 saturated carbocycles. The minimum Gasteiger partial charge on any atom is -0.496 e. The molecule has 2 rings (SSSR count). The smallest absolute Gasteiger partial charge is 0.217 e. The van der Waals surface area contributed by atoms with E-state index in [1.165, 1.54) is 0 Å². The predicted molar refractivity (Wildman–Crippen MR) is 74.5 cm³/mol. The second kappa shape index (κ2) is 5.10. The third-order valence-corrected chi connectivity index (χ3v) is 3.18. The van der Waals surface area contributed by atoms with E-state index in [9.17, 15) is 4.79 Å². The highest BCUT2D eigenvalue weighted by Gasteiger charge is 2.19. The number of carbonyl (C=O) groups excluding carboxylic acids is 1. The van der Waals surface area contributed by atoms with E-state index < -0.39 is 0 Å². The summed E-state index contributed by atoms with van der Waals surface area (Å²) in [5.41, 5.74) is 8.92. The first kappa shape index (κ1) is 13.1. The average Bonchev–Trinajstić information content (AvgIpc) is 2.41. The fourth-order valence-electron chi connectivity index (χ4n) is 1.97. The monoisotopic (exact) mass is 256 g/mol. The zero-order valence-electron chi connectivity index (χ0n) is 11.2. The number of hydrogen-bond donors (Lipinski definition) is 1. The van der Waals surface area contributed by atoms with E-state index in [1.54, 1.807) is 31.5 Å². The van der Waals surface area contributed by atoms with Crippen molar-refractivity contribution in [2.45, 2.75) is 13.8 Å². The maximum absolute atomic E-state index is 12.5. The Kier molecular flexibility index (Phi) is 3.51. The Bertz CT molecular complexity index is 636. The number of pyridine rings is 1. The number of ether oxygens (including phenoxy) is 1. The average molecular weight is 256 g/mol. The van der Waals surface area contributed by atoms with Crippen LogP contribution in [-0.4, -0.2) is 17.9 Å². The van der Waals surface area contributed by atoms with Crippen LogP contribution < -0.4 is 10.5 Å². The van der Waals surface area contributed by atoms with Crippen molar-refractivity contribution >= 4 is 11.5 Å². The lowest BCUT2D eigenvalue weighted by Crippen LogP contribution is -2.10. The number of nitrogen functional groups attached to an aromatic ring is 1. The number of anilines is 1. The standard InChI is InChI=1S/C15H16N2O2/c1-9-6-7-11(15(19-3)10(9)2)14(18)13-12(16)5-4-8-17-13/h4-8H,16H2,1-3H3. The van der Waals surface area contributed by atoms with Crippen LogP contribution in [0.1, 0.15) is 27.2 Å². The van der Waals surface area contributed by atoms with Gasteiger partial charge >= 0.3 is 0 Å². The summed E-state index contributed by atoms with van der Waals surface area (Å²) in [4.78, 5) is 16.5. The van der Waals surface area contributed by atoms with Gasteiger partial charge in [0.25, 0.3) is 0 Å². The Labute approximate surface area is 112 Å². The van der Waals surface area contributed by atoms with Gasteiger partial charge in [-0.25, -0.2) is 0 Å². The molecule has 19 heavy (non-hydrogen) atoms. The molecule has 4 heteroatoms. The third kappa shape index (κ3) is 2.29. The first-order valence-corrected chi connectivity index (χ1v) is 5.95. The second-order valence-electron chi connectivity index (χ2n) is 4.36. The molecule has 1 heterocycles. The van der Waals surface area contributed by atoms with Crippen LogP contribution in [0.2, 0.25) is 0 Å². The van der Waals surface area contributed by atoms with E-state index in [4.69, 9.17) is 10.5 Å². The molecule has 0 radical (unpaired) electrons. The van der Waals surface area contributed by atoms with Gasteiger partial charge in [0, 0.05) is 6.20 Å². The van der Waals surface area contributed by atoms with Crippen molar-refractivity contribution in [2.24, 2.45) is 0 Å². The van der Waals surface area contributed by atoms with Crippen molar-refractivity contribution in [2.75, 3.05) is 12.8 Å². The Hall–Kier alpha value is -2.36. The van der Waals surface area contributed by atoms with Crippen LogP contribution in [-0.2, 0) is 0 Å². The van der Waals surface area contributed by atoms with E-state index in [1.807, 2.05) is 19.9 Å². The topological polar surface area (TPSA) is 65.2 Å². The molecule has 98 valence electrons. The highest BCUT2D eigenvalue weighted by Crippen LogP contribution is 2.28. The van der Waals surface area contributed by atoms with Crippen molar-refractivity contribution in [3.05, 3.63) is 52.8 Å². The summed E-state index contributed by atoms with van der Waals surface area (Å²) in [5.74, 6) is 0.355. The number of nitrogens with two attached hydrogens (primary N) is 1. The predicted octanol–water partition coefficient (Wildman–Crippen LogP) is 2.52. The Morgan fingerprint density at radius 1 is 1.26 bits per heavy atom. The largest absolute Gasteiger partial charge is 0.496 e. The van der Waals surface area contributed by atoms with Gasteiger partial charge in [0.15, 0.2) is 0 Å². The zero-order valence-corrected chi connectivity index (χ0v) is 11.2. The van der Waals surface area contributed by atoms with E-state index in [0.29, 0.717) is 17.0 Å². The van der Waals surface area contributed by atoms with Crippen molar-refractivity contribution in [1.82, 2.24) is 4.98 Å².